The van der Waals surface area contributed by atoms with Crippen molar-refractivity contribution in [2.75, 3.05) is 20.3 Å². The van der Waals surface area contributed by atoms with Gasteiger partial charge in [-0.25, -0.2) is 0 Å². The molecule has 0 spiro atoms. The third kappa shape index (κ3) is 4.01. The Morgan fingerprint density at radius 3 is 2.87 bits per heavy atom. The van der Waals surface area contributed by atoms with E-state index < -0.39 is 0 Å². The van der Waals surface area contributed by atoms with E-state index in [1.165, 1.54) is 0 Å². The first-order valence-electron chi connectivity index (χ1n) is 4.64. The first-order chi connectivity index (χ1) is 7.27. The van der Waals surface area contributed by atoms with Crippen LogP contribution in [-0.2, 0) is 4.74 Å². The van der Waals surface area contributed by atoms with Crippen molar-refractivity contribution in [3.05, 3.63) is 28.2 Å². The summed E-state index contributed by atoms with van der Waals surface area (Å²) < 4.78 is 11.3. The van der Waals surface area contributed by atoms with E-state index in [1.807, 2.05) is 6.07 Å². The molecule has 0 radical (unpaired) electrons. The zero-order valence-corrected chi connectivity index (χ0v) is 10.1. The number of ether oxygens (including phenoxy) is 2. The third-order valence-corrected chi connectivity index (χ3v) is 2.35. The smallest absolute Gasteiger partial charge is 0.153 e. The Hall–Kier alpha value is -0.870. The van der Waals surface area contributed by atoms with E-state index in [0.29, 0.717) is 24.5 Å². The molecule has 0 saturated carbocycles. The van der Waals surface area contributed by atoms with Crippen molar-refractivity contribution in [2.45, 2.75) is 6.42 Å². The van der Waals surface area contributed by atoms with Crippen LogP contribution in [0, 0.1) is 0 Å². The molecular formula is C11H13BrO3. The fourth-order valence-corrected chi connectivity index (χ4v) is 1.46. The molecule has 3 nitrogen and oxygen atoms in total. The highest BCUT2D eigenvalue weighted by Crippen LogP contribution is 2.22. The van der Waals surface area contributed by atoms with E-state index in [1.54, 1.807) is 19.2 Å². The van der Waals surface area contributed by atoms with Crippen molar-refractivity contribution in [1.82, 2.24) is 0 Å². The highest BCUT2D eigenvalue weighted by atomic mass is 79.9. The summed E-state index contributed by atoms with van der Waals surface area (Å²) in [6.07, 6.45) is 1.60. The molecule has 0 amide bonds. The van der Waals surface area contributed by atoms with Gasteiger partial charge in [0.25, 0.3) is 0 Å². The van der Waals surface area contributed by atoms with E-state index in [-0.39, 0.29) is 0 Å². The number of carbonyl (C=O) groups is 1. The van der Waals surface area contributed by atoms with Gasteiger partial charge in [0.1, 0.15) is 5.75 Å². The molecule has 1 rings (SSSR count). The Balaban J connectivity index is 2.58. The highest BCUT2D eigenvalue weighted by Gasteiger charge is 2.03. The standard InChI is InChI=1S/C11H13BrO3/c1-14-5-2-6-15-11-7-10(12)4-3-9(11)8-13/h3-4,7-8H,2,5-6H2,1H3. The maximum atomic E-state index is 10.7. The normalized spacial score (nSPS) is 10.0. The zero-order chi connectivity index (χ0) is 11.1. The van der Waals surface area contributed by atoms with Crippen molar-refractivity contribution in [3.63, 3.8) is 0 Å². The maximum Gasteiger partial charge on any atom is 0.153 e. The predicted molar refractivity (Wildman–Crippen MR) is 61.5 cm³/mol. The zero-order valence-electron chi connectivity index (χ0n) is 8.53. The average molecular weight is 273 g/mol. The van der Waals surface area contributed by atoms with Crippen molar-refractivity contribution >= 4 is 22.2 Å². The predicted octanol–water partition coefficient (Wildman–Crippen LogP) is 2.68. The SMILES string of the molecule is COCCCOc1cc(Br)ccc1C=O. The minimum atomic E-state index is 0.547. The summed E-state index contributed by atoms with van der Waals surface area (Å²) in [6, 6.07) is 5.32. The molecule has 0 aliphatic carbocycles. The summed E-state index contributed by atoms with van der Waals surface area (Å²) in [4.78, 5) is 10.7. The second-order valence-corrected chi connectivity index (χ2v) is 3.91. The van der Waals surface area contributed by atoms with Crippen molar-refractivity contribution < 1.29 is 14.3 Å². The monoisotopic (exact) mass is 272 g/mol. The minimum Gasteiger partial charge on any atom is -0.493 e. The van der Waals surface area contributed by atoms with Crippen LogP contribution in [0.25, 0.3) is 0 Å². The average Bonchev–Trinajstić information content (AvgIpc) is 2.25. The van der Waals surface area contributed by atoms with Crippen LogP contribution >= 0.6 is 15.9 Å². The van der Waals surface area contributed by atoms with Crippen LogP contribution in [0.2, 0.25) is 0 Å². The molecule has 0 unspecified atom stereocenters. The molecule has 82 valence electrons. The molecule has 15 heavy (non-hydrogen) atoms. The lowest BCUT2D eigenvalue weighted by atomic mass is 10.2. The Kier molecular flexibility index (Phi) is 5.36. The minimum absolute atomic E-state index is 0.547. The topological polar surface area (TPSA) is 35.5 Å². The third-order valence-electron chi connectivity index (χ3n) is 1.85. The molecule has 0 saturated heterocycles. The quantitative estimate of drug-likeness (QED) is 0.590. The second-order valence-electron chi connectivity index (χ2n) is 2.99. The maximum absolute atomic E-state index is 10.7. The van der Waals surface area contributed by atoms with Crippen LogP contribution in [0.1, 0.15) is 16.8 Å². The Bertz CT molecular complexity index is 326. The summed E-state index contributed by atoms with van der Waals surface area (Å²) in [6.45, 7) is 1.20. The van der Waals surface area contributed by atoms with Gasteiger partial charge in [-0.1, -0.05) is 15.9 Å². The fourth-order valence-electron chi connectivity index (χ4n) is 1.12. The van der Waals surface area contributed by atoms with Crippen LogP contribution in [0.5, 0.6) is 5.75 Å². The molecule has 4 heteroatoms. The number of aldehydes is 1. The Morgan fingerprint density at radius 2 is 2.20 bits per heavy atom. The van der Waals surface area contributed by atoms with Crippen LogP contribution in [0.15, 0.2) is 22.7 Å². The first-order valence-corrected chi connectivity index (χ1v) is 5.43. The van der Waals surface area contributed by atoms with Crippen molar-refractivity contribution in [2.24, 2.45) is 0 Å². The number of benzene rings is 1. The molecular weight excluding hydrogens is 260 g/mol. The number of hydrogen-bond donors (Lipinski definition) is 0. The van der Waals surface area contributed by atoms with E-state index in [2.05, 4.69) is 15.9 Å². The number of methoxy groups -OCH3 is 1. The number of halogens is 1. The molecule has 0 fully saturated rings. The molecule has 0 bridgehead atoms. The summed E-state index contributed by atoms with van der Waals surface area (Å²) >= 11 is 3.33. The second kappa shape index (κ2) is 6.58. The molecule has 0 aliphatic heterocycles. The van der Waals surface area contributed by atoms with Crippen molar-refractivity contribution in [3.8, 4) is 5.75 Å². The number of carbonyl (C=O) groups excluding carboxylic acids is 1. The lowest BCUT2D eigenvalue weighted by Crippen LogP contribution is -2.03. The highest BCUT2D eigenvalue weighted by molar-refractivity contribution is 9.10. The van der Waals surface area contributed by atoms with Gasteiger partial charge in [-0.2, -0.15) is 0 Å². The molecule has 1 aromatic rings. The Morgan fingerprint density at radius 1 is 1.40 bits per heavy atom. The summed E-state index contributed by atoms with van der Waals surface area (Å²) in [5, 5.41) is 0. The summed E-state index contributed by atoms with van der Waals surface area (Å²) in [5.74, 6) is 0.607. The van der Waals surface area contributed by atoms with Gasteiger partial charge in [-0.05, 0) is 18.2 Å². The van der Waals surface area contributed by atoms with E-state index in [4.69, 9.17) is 9.47 Å². The van der Waals surface area contributed by atoms with Gasteiger partial charge in [0.15, 0.2) is 6.29 Å². The summed E-state index contributed by atoms with van der Waals surface area (Å²) in [7, 11) is 1.65. The number of hydrogen-bond acceptors (Lipinski definition) is 3. The molecule has 1 aromatic carbocycles. The molecule has 0 aromatic heterocycles. The van der Waals surface area contributed by atoms with Gasteiger partial charge in [0.05, 0.1) is 12.2 Å². The molecule has 0 atom stereocenters. The van der Waals surface area contributed by atoms with Crippen LogP contribution < -0.4 is 4.74 Å². The molecule has 0 N–H and O–H groups in total. The first kappa shape index (κ1) is 12.2. The van der Waals surface area contributed by atoms with E-state index >= 15 is 0 Å². The van der Waals surface area contributed by atoms with Crippen LogP contribution in [0.4, 0.5) is 0 Å². The molecule has 0 aliphatic rings. The summed E-state index contributed by atoms with van der Waals surface area (Å²) in [5.41, 5.74) is 0.565. The van der Waals surface area contributed by atoms with Gasteiger partial charge in [-0.3, -0.25) is 4.79 Å². The van der Waals surface area contributed by atoms with Gasteiger partial charge in [-0.15, -0.1) is 0 Å². The van der Waals surface area contributed by atoms with E-state index in [9.17, 15) is 4.79 Å². The van der Waals surface area contributed by atoms with Gasteiger partial charge in [0, 0.05) is 24.6 Å². The van der Waals surface area contributed by atoms with Crippen molar-refractivity contribution in [1.29, 1.82) is 0 Å². The molecule has 0 heterocycles. The van der Waals surface area contributed by atoms with E-state index in [0.717, 1.165) is 17.2 Å². The van der Waals surface area contributed by atoms with Crippen LogP contribution in [-0.4, -0.2) is 26.6 Å². The van der Waals surface area contributed by atoms with Gasteiger partial charge < -0.3 is 9.47 Å². The lowest BCUT2D eigenvalue weighted by molar-refractivity contribution is 0.111. The van der Waals surface area contributed by atoms with Crippen LogP contribution in [0.3, 0.4) is 0 Å². The van der Waals surface area contributed by atoms with Gasteiger partial charge in [0.2, 0.25) is 0 Å². The largest absolute Gasteiger partial charge is 0.493 e. The Labute approximate surface area is 97.5 Å². The lowest BCUT2D eigenvalue weighted by Gasteiger charge is -2.08. The number of rotatable bonds is 6. The fraction of sp³-hybridized carbons (Fsp3) is 0.364. The van der Waals surface area contributed by atoms with Gasteiger partial charge >= 0.3 is 0 Å².